The smallest absolute Gasteiger partial charge is 0.335 e. The molecular weight excluding hydrogens is 511 g/mol. The highest BCUT2D eigenvalue weighted by molar-refractivity contribution is 5.92. The average molecular weight is 539 g/mol. The number of carboxylic acid groups (broad SMARTS) is 1. The molecule has 8 nitrogen and oxygen atoms in total. The van der Waals surface area contributed by atoms with Gasteiger partial charge < -0.3 is 19.1 Å². The van der Waals surface area contributed by atoms with Crippen LogP contribution in [0.25, 0.3) is 16.6 Å². The van der Waals surface area contributed by atoms with Gasteiger partial charge in [0.25, 0.3) is 0 Å². The van der Waals surface area contributed by atoms with Crippen LogP contribution >= 0.6 is 0 Å². The molecular formula is C31H27FN4O4. The van der Waals surface area contributed by atoms with E-state index in [9.17, 15) is 14.3 Å². The Morgan fingerprint density at radius 3 is 2.83 bits per heavy atom. The van der Waals surface area contributed by atoms with Crippen molar-refractivity contribution in [2.24, 2.45) is 0 Å². The summed E-state index contributed by atoms with van der Waals surface area (Å²) < 4.78 is 27.7. The molecule has 2 aliphatic rings. The minimum atomic E-state index is -0.959. The molecule has 0 amide bonds. The third-order valence-corrected chi connectivity index (χ3v) is 7.36. The lowest BCUT2D eigenvalue weighted by molar-refractivity contribution is -0.0591. The van der Waals surface area contributed by atoms with Crippen LogP contribution in [0.5, 0.6) is 5.75 Å². The molecule has 202 valence electrons. The van der Waals surface area contributed by atoms with Crippen molar-refractivity contribution in [3.63, 3.8) is 0 Å². The summed E-state index contributed by atoms with van der Waals surface area (Å²) >= 11 is 0. The van der Waals surface area contributed by atoms with Gasteiger partial charge in [-0.15, -0.1) is 0 Å². The molecule has 6 rings (SSSR count). The van der Waals surface area contributed by atoms with Gasteiger partial charge in [0.05, 0.1) is 47.4 Å². The van der Waals surface area contributed by atoms with E-state index < -0.39 is 11.8 Å². The molecule has 0 saturated carbocycles. The number of ether oxygens (including phenoxy) is 2. The van der Waals surface area contributed by atoms with Gasteiger partial charge in [-0.25, -0.2) is 14.2 Å². The van der Waals surface area contributed by atoms with Crippen molar-refractivity contribution < 1.29 is 23.8 Å². The van der Waals surface area contributed by atoms with Gasteiger partial charge in [-0.1, -0.05) is 24.3 Å². The lowest BCUT2D eigenvalue weighted by Crippen LogP contribution is -2.32. The van der Waals surface area contributed by atoms with Gasteiger partial charge in [-0.2, -0.15) is 5.26 Å². The lowest BCUT2D eigenvalue weighted by atomic mass is 10.0. The topological polar surface area (TPSA) is 101 Å². The van der Waals surface area contributed by atoms with Crippen molar-refractivity contribution in [1.82, 2.24) is 14.5 Å². The Morgan fingerprint density at radius 1 is 1.20 bits per heavy atom. The molecule has 4 aromatic rings. The van der Waals surface area contributed by atoms with Crippen LogP contribution in [-0.4, -0.2) is 51.3 Å². The largest absolute Gasteiger partial charge is 0.486 e. The van der Waals surface area contributed by atoms with Crippen molar-refractivity contribution >= 4 is 22.6 Å². The van der Waals surface area contributed by atoms with Crippen molar-refractivity contribution in [1.29, 1.82) is 5.26 Å². The Morgan fingerprint density at radius 2 is 2.08 bits per heavy atom. The number of nitriles is 1. The Balaban J connectivity index is 1.15. The Labute approximate surface area is 230 Å². The first-order valence-corrected chi connectivity index (χ1v) is 13.1. The van der Waals surface area contributed by atoms with E-state index in [1.165, 1.54) is 23.8 Å². The minimum absolute atomic E-state index is 0.111. The molecule has 40 heavy (non-hydrogen) atoms. The van der Waals surface area contributed by atoms with E-state index in [0.29, 0.717) is 13.1 Å². The van der Waals surface area contributed by atoms with Crippen LogP contribution in [-0.2, 0) is 24.4 Å². The zero-order valence-electron chi connectivity index (χ0n) is 21.7. The first-order chi connectivity index (χ1) is 19.5. The second-order valence-corrected chi connectivity index (χ2v) is 10.1. The highest BCUT2D eigenvalue weighted by atomic mass is 19.1. The first-order valence-electron chi connectivity index (χ1n) is 13.1. The summed E-state index contributed by atoms with van der Waals surface area (Å²) in [5, 5.41) is 18.4. The van der Waals surface area contributed by atoms with Crippen LogP contribution in [0.1, 0.15) is 39.3 Å². The fourth-order valence-electron chi connectivity index (χ4n) is 5.11. The zero-order chi connectivity index (χ0) is 27.6. The highest BCUT2D eigenvalue weighted by Crippen LogP contribution is 2.27. The van der Waals surface area contributed by atoms with Crippen molar-refractivity contribution in [2.45, 2.75) is 32.2 Å². The fraction of sp³-hybridized carbons (Fsp3) is 0.258. The average Bonchev–Trinajstić information content (AvgIpc) is 3.54. The molecule has 0 spiro atoms. The number of aromatic carboxylic acids is 1. The molecule has 0 bridgehead atoms. The summed E-state index contributed by atoms with van der Waals surface area (Å²) in [6, 6.07) is 19.2. The van der Waals surface area contributed by atoms with E-state index >= 15 is 0 Å². The molecule has 0 radical (unpaired) electrons. The summed E-state index contributed by atoms with van der Waals surface area (Å²) in [5.41, 5.74) is 5.25. The molecule has 1 fully saturated rings. The second-order valence-electron chi connectivity index (χ2n) is 10.1. The SMILES string of the molecule is N#Cc1ccc(OCc2cccc(C3=CCN(Cc4nc5ccc(C(=O)O)cc5n4C[C@@H]4CCO4)C3)c2)c(F)c1. The summed E-state index contributed by atoms with van der Waals surface area (Å²) in [7, 11) is 0. The van der Waals surface area contributed by atoms with Gasteiger partial charge in [0, 0.05) is 19.7 Å². The van der Waals surface area contributed by atoms with Crippen molar-refractivity contribution in [2.75, 3.05) is 19.7 Å². The number of aromatic nitrogens is 2. The lowest BCUT2D eigenvalue weighted by Gasteiger charge is -2.28. The maximum absolute atomic E-state index is 14.2. The number of fused-ring (bicyclic) bond motifs is 1. The van der Waals surface area contributed by atoms with E-state index in [-0.39, 0.29) is 29.6 Å². The summed E-state index contributed by atoms with van der Waals surface area (Å²) in [4.78, 5) is 18.7. The number of nitrogens with zero attached hydrogens (tertiary/aromatic N) is 4. The molecule has 0 unspecified atom stereocenters. The molecule has 3 aromatic carbocycles. The van der Waals surface area contributed by atoms with Crippen LogP contribution in [0.3, 0.4) is 0 Å². The summed E-state index contributed by atoms with van der Waals surface area (Å²) in [6.45, 7) is 3.71. The van der Waals surface area contributed by atoms with Crippen LogP contribution in [0.15, 0.2) is 66.7 Å². The maximum Gasteiger partial charge on any atom is 0.335 e. The molecule has 1 saturated heterocycles. The predicted octanol–water partition coefficient (Wildman–Crippen LogP) is 5.01. The minimum Gasteiger partial charge on any atom is -0.486 e. The first kappa shape index (κ1) is 25.7. The van der Waals surface area contributed by atoms with Gasteiger partial charge in [-0.05, 0) is 65.6 Å². The molecule has 2 aliphatic heterocycles. The van der Waals surface area contributed by atoms with Crippen LogP contribution < -0.4 is 4.74 Å². The fourth-order valence-corrected chi connectivity index (χ4v) is 5.11. The number of rotatable bonds is 9. The Kier molecular flexibility index (Phi) is 7.03. The van der Waals surface area contributed by atoms with Crippen molar-refractivity contribution in [3.05, 3.63) is 101 Å². The van der Waals surface area contributed by atoms with Gasteiger partial charge in [0.15, 0.2) is 11.6 Å². The van der Waals surface area contributed by atoms with Gasteiger partial charge in [0.1, 0.15) is 12.4 Å². The zero-order valence-corrected chi connectivity index (χ0v) is 21.7. The Hall–Kier alpha value is -4.52. The van der Waals surface area contributed by atoms with Crippen LogP contribution in [0, 0.1) is 17.1 Å². The number of hydrogen-bond acceptors (Lipinski definition) is 6. The predicted molar refractivity (Wildman–Crippen MR) is 146 cm³/mol. The van der Waals surface area contributed by atoms with Crippen LogP contribution in [0.4, 0.5) is 4.39 Å². The maximum atomic E-state index is 14.2. The quantitative estimate of drug-likeness (QED) is 0.320. The standard InChI is InChI=1S/C31H27FN4O4/c32-26-13-20(15-33)4-7-29(26)40-19-21-2-1-3-22(12-21)24-8-10-35(16-24)18-30-34-27-6-5-23(31(37)38)14-28(27)36(30)17-25-9-11-39-25/h1-8,12-14,25H,9-11,16-19H2,(H,37,38)/t25-/m0/s1. The van der Waals surface area contributed by atoms with E-state index in [2.05, 4.69) is 21.6 Å². The number of benzene rings is 3. The van der Waals surface area contributed by atoms with E-state index in [0.717, 1.165) is 54.1 Å². The third-order valence-electron chi connectivity index (χ3n) is 7.36. The number of carbonyl (C=O) groups is 1. The molecule has 1 N–H and O–H groups in total. The highest BCUT2D eigenvalue weighted by Gasteiger charge is 2.24. The number of imidazole rings is 1. The molecule has 3 heterocycles. The second kappa shape index (κ2) is 10.9. The Bertz CT molecular complexity index is 1670. The normalized spacial score (nSPS) is 16.9. The number of hydrogen-bond donors (Lipinski definition) is 1. The van der Waals surface area contributed by atoms with E-state index in [1.807, 2.05) is 24.3 Å². The number of halogens is 1. The van der Waals surface area contributed by atoms with Gasteiger partial charge in [0.2, 0.25) is 0 Å². The van der Waals surface area contributed by atoms with Gasteiger partial charge in [-0.3, -0.25) is 4.90 Å². The summed E-state index contributed by atoms with van der Waals surface area (Å²) in [6.07, 6.45) is 3.29. The number of carboxylic acids is 1. The molecule has 1 aromatic heterocycles. The third kappa shape index (κ3) is 5.32. The molecule has 9 heteroatoms. The molecule has 0 aliphatic carbocycles. The van der Waals surface area contributed by atoms with Gasteiger partial charge >= 0.3 is 5.97 Å². The van der Waals surface area contributed by atoms with Crippen molar-refractivity contribution in [3.8, 4) is 11.8 Å². The molecule has 1 atom stereocenters. The van der Waals surface area contributed by atoms with E-state index in [1.54, 1.807) is 18.2 Å². The van der Waals surface area contributed by atoms with Crippen LogP contribution in [0.2, 0.25) is 0 Å². The monoisotopic (exact) mass is 538 g/mol. The summed E-state index contributed by atoms with van der Waals surface area (Å²) in [5.74, 6) is -0.520. The van der Waals surface area contributed by atoms with E-state index in [4.69, 9.17) is 19.7 Å².